The van der Waals surface area contributed by atoms with Crippen molar-refractivity contribution in [2.24, 2.45) is 0 Å². The Morgan fingerprint density at radius 3 is 1.32 bits per heavy atom. The van der Waals surface area contributed by atoms with Crippen LogP contribution in [-0.2, 0) is 28.6 Å². The number of carbonyl (C=O) groups excluding carboxylic acids is 2. The lowest BCUT2D eigenvalue weighted by Gasteiger charge is -2.31. The van der Waals surface area contributed by atoms with Gasteiger partial charge < -0.3 is 23.8 Å². The van der Waals surface area contributed by atoms with Gasteiger partial charge in [0, 0.05) is 19.3 Å². The lowest BCUT2D eigenvalue weighted by atomic mass is 10.1. The van der Waals surface area contributed by atoms with E-state index < -0.39 is 18.1 Å². The second kappa shape index (κ2) is 47.3. The third-order valence-corrected chi connectivity index (χ3v) is 11.6. The van der Waals surface area contributed by atoms with Crippen molar-refractivity contribution in [3.8, 4) is 0 Å². The zero-order chi connectivity index (χ0) is 47.7. The van der Waals surface area contributed by atoms with Gasteiger partial charge in [0.15, 0.2) is 12.1 Å². The van der Waals surface area contributed by atoms with Crippen LogP contribution in [0, 0.1) is 0 Å². The van der Waals surface area contributed by atoms with Crippen LogP contribution >= 0.6 is 0 Å². The van der Waals surface area contributed by atoms with Crippen LogP contribution in [-0.4, -0.2) is 80.6 Å². The number of unbranched alkanes of at least 4 members (excludes halogenated alkanes) is 22. The number of carboxylic acids is 1. The molecule has 8 nitrogen and oxygen atoms in total. The number of quaternary nitrogens is 1. The van der Waals surface area contributed by atoms with Gasteiger partial charge >= 0.3 is 17.9 Å². The number of carboxylic acid groups (broad SMARTS) is 1. The van der Waals surface area contributed by atoms with Crippen molar-refractivity contribution in [2.45, 2.75) is 231 Å². The molecule has 0 aliphatic heterocycles. The molecule has 0 aliphatic carbocycles. The molecule has 0 heterocycles. The lowest BCUT2D eigenvalue weighted by molar-refractivity contribution is -0.887. The summed E-state index contributed by atoms with van der Waals surface area (Å²) in [6.45, 7) is 4.68. The summed E-state index contributed by atoms with van der Waals surface area (Å²) in [5.41, 5.74) is 0. The Labute approximate surface area is 400 Å². The maximum Gasteiger partial charge on any atom is 0.362 e. The molecule has 0 saturated heterocycles. The van der Waals surface area contributed by atoms with Crippen molar-refractivity contribution in [1.82, 2.24) is 0 Å². The van der Waals surface area contributed by atoms with Crippen LogP contribution < -0.4 is 0 Å². The summed E-state index contributed by atoms with van der Waals surface area (Å²) in [6, 6.07) is -0.623. The zero-order valence-corrected chi connectivity index (χ0v) is 42.7. The maximum absolute atomic E-state index is 12.8. The summed E-state index contributed by atoms with van der Waals surface area (Å²) in [5.74, 6) is -1.49. The summed E-state index contributed by atoms with van der Waals surface area (Å²) in [7, 11) is 5.53. The van der Waals surface area contributed by atoms with Crippen LogP contribution in [0.15, 0.2) is 72.9 Å². The summed E-state index contributed by atoms with van der Waals surface area (Å²) in [4.78, 5) is 37.2. The number of carbonyl (C=O) groups is 3. The highest BCUT2D eigenvalue weighted by atomic mass is 16.6. The van der Waals surface area contributed by atoms with Crippen LogP contribution in [0.25, 0.3) is 0 Å². The highest BCUT2D eigenvalue weighted by Crippen LogP contribution is 2.15. The normalized spacial score (nSPS) is 13.4. The third kappa shape index (κ3) is 45.7. The second-order valence-corrected chi connectivity index (χ2v) is 18.8. The summed E-state index contributed by atoms with van der Waals surface area (Å²) in [5, 5.41) is 9.66. The second-order valence-electron chi connectivity index (χ2n) is 18.8. The van der Waals surface area contributed by atoms with Gasteiger partial charge in [0.2, 0.25) is 0 Å². The molecular formula is C57H100NO7+. The van der Waals surface area contributed by atoms with E-state index in [2.05, 4.69) is 86.8 Å². The molecular weight excluding hydrogens is 811 g/mol. The van der Waals surface area contributed by atoms with Gasteiger partial charge in [-0.25, -0.2) is 4.79 Å². The fourth-order valence-corrected chi connectivity index (χ4v) is 7.48. The smallest absolute Gasteiger partial charge is 0.362 e. The molecule has 0 fully saturated rings. The molecule has 0 radical (unpaired) electrons. The van der Waals surface area contributed by atoms with E-state index >= 15 is 0 Å². The van der Waals surface area contributed by atoms with Crippen LogP contribution in [0.4, 0.5) is 0 Å². The van der Waals surface area contributed by atoms with Gasteiger partial charge in [0.05, 0.1) is 34.4 Å². The third-order valence-electron chi connectivity index (χ3n) is 11.6. The molecule has 0 aromatic heterocycles. The van der Waals surface area contributed by atoms with Gasteiger partial charge in [-0.2, -0.15) is 0 Å². The first-order chi connectivity index (χ1) is 31.6. The standard InChI is InChI=1S/C57H99NO7/c1-6-8-10-12-14-16-18-20-22-24-26-28-30-32-34-36-38-40-42-44-46-48-56(60)65-53(51-63-50-49-54(57(61)62)58(3,4)5)52-64-55(59)47-45-43-41-39-37-35-33-31-29-27-25-23-21-19-17-15-13-11-9-7-2/h14,16-17,19-23,26,28,32,34,53-54H,6-13,15,18,24-25,27,29-31,33,35-52H2,1-5H3/p+1/b16-14+,19-17+,22-20+,23-21+,28-26+,34-32+. The van der Waals surface area contributed by atoms with Crippen LogP contribution in [0.5, 0.6) is 0 Å². The molecule has 8 heteroatoms. The topological polar surface area (TPSA) is 99.1 Å². The number of aliphatic carboxylic acids is 1. The minimum Gasteiger partial charge on any atom is -0.477 e. The van der Waals surface area contributed by atoms with Gasteiger partial charge in [-0.15, -0.1) is 0 Å². The summed E-state index contributed by atoms with van der Waals surface area (Å²) >= 11 is 0. The summed E-state index contributed by atoms with van der Waals surface area (Å²) in [6.07, 6.45) is 60.9. The van der Waals surface area contributed by atoms with Crippen LogP contribution in [0.1, 0.15) is 219 Å². The maximum atomic E-state index is 12.8. The first-order valence-corrected chi connectivity index (χ1v) is 26.5. The van der Waals surface area contributed by atoms with Crippen molar-refractivity contribution in [3.05, 3.63) is 72.9 Å². The van der Waals surface area contributed by atoms with Crippen molar-refractivity contribution < 1.29 is 38.2 Å². The van der Waals surface area contributed by atoms with Crippen molar-refractivity contribution in [2.75, 3.05) is 41.0 Å². The van der Waals surface area contributed by atoms with E-state index in [1.807, 2.05) is 21.1 Å². The molecule has 0 saturated carbocycles. The van der Waals surface area contributed by atoms with Crippen molar-refractivity contribution >= 4 is 17.9 Å². The minimum absolute atomic E-state index is 0.0495. The van der Waals surface area contributed by atoms with Crippen LogP contribution in [0.3, 0.4) is 0 Å². The van der Waals surface area contributed by atoms with Gasteiger partial charge in [-0.3, -0.25) is 9.59 Å². The average molecular weight is 911 g/mol. The predicted molar refractivity (Wildman–Crippen MR) is 275 cm³/mol. The van der Waals surface area contributed by atoms with Crippen molar-refractivity contribution in [3.63, 3.8) is 0 Å². The largest absolute Gasteiger partial charge is 0.477 e. The number of esters is 2. The van der Waals surface area contributed by atoms with E-state index in [1.54, 1.807) is 0 Å². The first-order valence-electron chi connectivity index (χ1n) is 26.5. The Balaban J connectivity index is 4.29. The Bertz CT molecular complexity index is 1290. The molecule has 0 aliphatic rings. The van der Waals surface area contributed by atoms with Crippen molar-refractivity contribution in [1.29, 1.82) is 0 Å². The molecule has 0 rings (SSSR count). The lowest BCUT2D eigenvalue weighted by Crippen LogP contribution is -2.50. The molecule has 0 aromatic carbocycles. The van der Waals surface area contributed by atoms with E-state index in [0.29, 0.717) is 19.3 Å². The molecule has 374 valence electrons. The highest BCUT2D eigenvalue weighted by molar-refractivity contribution is 5.72. The van der Waals surface area contributed by atoms with E-state index in [4.69, 9.17) is 14.2 Å². The number of hydrogen-bond donors (Lipinski definition) is 1. The first kappa shape index (κ1) is 61.8. The Hall–Kier alpha value is -3.23. The fraction of sp³-hybridized carbons (Fsp3) is 0.737. The number of rotatable bonds is 47. The van der Waals surface area contributed by atoms with Gasteiger partial charge in [-0.1, -0.05) is 189 Å². The molecule has 0 aromatic rings. The van der Waals surface area contributed by atoms with Gasteiger partial charge in [-0.05, 0) is 83.5 Å². The van der Waals surface area contributed by atoms with Gasteiger partial charge in [0.25, 0.3) is 0 Å². The molecule has 65 heavy (non-hydrogen) atoms. The quantitative estimate of drug-likeness (QED) is 0.0213. The zero-order valence-electron chi connectivity index (χ0n) is 42.7. The van der Waals surface area contributed by atoms with E-state index in [0.717, 1.165) is 77.0 Å². The Morgan fingerprint density at radius 2 is 0.862 bits per heavy atom. The Morgan fingerprint density at radius 1 is 0.477 bits per heavy atom. The van der Waals surface area contributed by atoms with Crippen LogP contribution in [0.2, 0.25) is 0 Å². The molecule has 1 N–H and O–H groups in total. The monoisotopic (exact) mass is 911 g/mol. The Kier molecular flexibility index (Phi) is 44.9. The molecule has 0 amide bonds. The number of hydrogen-bond acceptors (Lipinski definition) is 6. The average Bonchev–Trinajstić information content (AvgIpc) is 3.27. The molecule has 2 atom stereocenters. The number of ether oxygens (including phenoxy) is 3. The van der Waals surface area contributed by atoms with E-state index in [-0.39, 0.29) is 36.2 Å². The van der Waals surface area contributed by atoms with Gasteiger partial charge in [0.1, 0.15) is 6.61 Å². The van der Waals surface area contributed by atoms with E-state index in [9.17, 15) is 19.5 Å². The molecule has 0 bridgehead atoms. The number of likely N-dealkylation sites (N-methyl/N-ethyl adjacent to an activating group) is 1. The molecule has 2 unspecified atom stereocenters. The number of allylic oxidation sites excluding steroid dienone is 12. The highest BCUT2D eigenvalue weighted by Gasteiger charge is 2.31. The fourth-order valence-electron chi connectivity index (χ4n) is 7.48. The SMILES string of the molecule is CCCCC/C=C/C/C=C/C/C=C/C/C=C/CCCCCCCC(=O)OC(COCCC(C(=O)O)[N+](C)(C)C)COC(=O)CCCCCCCCCCCC/C=C/C=C/CCCCCC. The summed E-state index contributed by atoms with van der Waals surface area (Å²) < 4.78 is 17.4. The number of nitrogens with zero attached hydrogens (tertiary/aromatic N) is 1. The van der Waals surface area contributed by atoms with E-state index in [1.165, 1.54) is 109 Å². The predicted octanol–water partition coefficient (Wildman–Crippen LogP) is 15.5. The molecule has 0 spiro atoms. The minimum atomic E-state index is -0.880.